The molecule has 1 aromatic carbocycles. The number of hydrogen-bond acceptors (Lipinski definition) is 2. The van der Waals surface area contributed by atoms with Crippen molar-refractivity contribution in [3.63, 3.8) is 0 Å². The Hall–Kier alpha value is -0.971. The molecule has 0 aromatic heterocycles. The zero-order valence-electron chi connectivity index (χ0n) is 18.2. The zero-order valence-corrected chi connectivity index (χ0v) is 21.1. The molecule has 4 heteroatoms. The number of benzene rings is 1. The van der Waals surface area contributed by atoms with Crippen LogP contribution in [0, 0.1) is 0 Å². The fourth-order valence-corrected chi connectivity index (χ4v) is 20.1. The molecule has 0 spiro atoms. The molecule has 3 nitrogen and oxygen atoms in total. The number of ether oxygens (including phenoxy) is 1. The summed E-state index contributed by atoms with van der Waals surface area (Å²) >= 11 is -2.72. The van der Waals surface area contributed by atoms with Crippen LogP contribution in [0.25, 0.3) is 0 Å². The normalized spacial score (nSPS) is 17.0. The minimum atomic E-state index is -2.72. The van der Waals surface area contributed by atoms with Crippen molar-refractivity contribution in [1.29, 1.82) is 0 Å². The van der Waals surface area contributed by atoms with Crippen molar-refractivity contribution < 1.29 is 9.53 Å². The first kappa shape index (κ1) is 23.3. The Morgan fingerprint density at radius 3 is 2.07 bits per heavy atom. The van der Waals surface area contributed by atoms with E-state index in [1.807, 2.05) is 11.0 Å². The molecule has 1 heterocycles. The summed E-state index contributed by atoms with van der Waals surface area (Å²) in [6, 6.07) is 10.6. The van der Waals surface area contributed by atoms with Crippen LogP contribution in [0.1, 0.15) is 64.9 Å². The van der Waals surface area contributed by atoms with Crippen LogP contribution in [0.15, 0.2) is 40.6 Å². The molecule has 1 aliphatic heterocycles. The Bertz CT molecular complexity index is 595. The molecule has 156 valence electrons. The standard InChI is InChI=1S/C12H12NO2.3C4H9.Sn/c1-2-13-11(9-15-12(13)14)8-10-6-4-3-5-7-10;3*1-3-4-2;/h3-7,11H,1,8-9H2;3*1,3-4H2,2H3;. The predicted molar refractivity (Wildman–Crippen MR) is 121 cm³/mol. The molecule has 1 fully saturated rings. The first-order chi connectivity index (χ1) is 13.6. The van der Waals surface area contributed by atoms with Crippen LogP contribution < -0.4 is 0 Å². The Kier molecular flexibility index (Phi) is 9.90. The molecular formula is C24H39NO2Sn. The molecule has 1 aliphatic rings. The zero-order chi connectivity index (χ0) is 20.4. The van der Waals surface area contributed by atoms with Crippen LogP contribution in [0.3, 0.4) is 0 Å². The van der Waals surface area contributed by atoms with Gasteiger partial charge in [0.1, 0.15) is 0 Å². The minimum absolute atomic E-state index is 0.100. The van der Waals surface area contributed by atoms with E-state index in [1.54, 1.807) is 0 Å². The van der Waals surface area contributed by atoms with Gasteiger partial charge in [-0.05, 0) is 0 Å². The Morgan fingerprint density at radius 2 is 1.57 bits per heavy atom. The predicted octanol–water partition coefficient (Wildman–Crippen LogP) is 6.95. The Morgan fingerprint density at radius 1 is 1.04 bits per heavy atom. The topological polar surface area (TPSA) is 29.5 Å². The first-order valence-corrected chi connectivity index (χ1v) is 18.8. The molecular weight excluding hydrogens is 453 g/mol. The van der Waals surface area contributed by atoms with Crippen LogP contribution in [-0.4, -0.2) is 42.0 Å². The number of hydrogen-bond donors (Lipinski definition) is 0. The summed E-state index contributed by atoms with van der Waals surface area (Å²) in [5.74, 6) is 0. The third kappa shape index (κ3) is 6.01. The second kappa shape index (κ2) is 11.9. The van der Waals surface area contributed by atoms with Crippen LogP contribution in [0.4, 0.5) is 4.79 Å². The second-order valence-electron chi connectivity index (χ2n) is 8.33. The van der Waals surface area contributed by atoms with Gasteiger partial charge in [-0.3, -0.25) is 0 Å². The van der Waals surface area contributed by atoms with Crippen LogP contribution in [0.5, 0.6) is 0 Å². The maximum atomic E-state index is 12.8. The van der Waals surface area contributed by atoms with E-state index in [-0.39, 0.29) is 12.1 Å². The number of carbonyl (C=O) groups is 1. The van der Waals surface area contributed by atoms with Gasteiger partial charge in [-0.1, -0.05) is 0 Å². The van der Waals surface area contributed by atoms with E-state index >= 15 is 0 Å². The van der Waals surface area contributed by atoms with Crippen molar-refractivity contribution in [2.75, 3.05) is 6.61 Å². The molecule has 1 aromatic rings. The summed E-state index contributed by atoms with van der Waals surface area (Å²) in [4.78, 5) is 14.8. The molecule has 28 heavy (non-hydrogen) atoms. The monoisotopic (exact) mass is 493 g/mol. The van der Waals surface area contributed by atoms with Crippen molar-refractivity contribution in [1.82, 2.24) is 4.90 Å². The molecule has 1 atom stereocenters. The van der Waals surface area contributed by atoms with Gasteiger partial charge in [-0.2, -0.15) is 0 Å². The summed E-state index contributed by atoms with van der Waals surface area (Å²) in [6.45, 7) is 12.0. The number of unbranched alkanes of at least 4 members (excludes halogenated alkanes) is 3. The SMILES string of the molecule is C=[C](N1C(=O)OCC1Cc1ccccc1)[Sn]([CH2]CCC)([CH2]CCC)[CH2]CCC. The van der Waals surface area contributed by atoms with E-state index in [0.717, 1.165) is 6.42 Å². The average molecular weight is 492 g/mol. The van der Waals surface area contributed by atoms with Gasteiger partial charge < -0.3 is 0 Å². The molecule has 1 saturated heterocycles. The van der Waals surface area contributed by atoms with Crippen LogP contribution in [-0.2, 0) is 11.2 Å². The molecule has 0 radical (unpaired) electrons. The molecule has 0 aliphatic carbocycles. The molecule has 0 bridgehead atoms. The molecule has 0 N–H and O–H groups in total. The summed E-state index contributed by atoms with van der Waals surface area (Å²) in [6.07, 6.45) is 8.18. The van der Waals surface area contributed by atoms with E-state index in [4.69, 9.17) is 4.74 Å². The van der Waals surface area contributed by atoms with Crippen molar-refractivity contribution in [3.8, 4) is 0 Å². The molecule has 1 unspecified atom stereocenters. The van der Waals surface area contributed by atoms with Gasteiger partial charge in [0, 0.05) is 0 Å². The van der Waals surface area contributed by atoms with Gasteiger partial charge in [0.25, 0.3) is 0 Å². The van der Waals surface area contributed by atoms with Gasteiger partial charge >= 0.3 is 177 Å². The van der Waals surface area contributed by atoms with E-state index in [0.29, 0.717) is 6.61 Å². The van der Waals surface area contributed by atoms with E-state index in [2.05, 4.69) is 51.6 Å². The fourth-order valence-electron chi connectivity index (χ4n) is 4.44. The van der Waals surface area contributed by atoms with Crippen LogP contribution in [0.2, 0.25) is 13.3 Å². The van der Waals surface area contributed by atoms with Crippen molar-refractivity contribution >= 4 is 24.5 Å². The number of nitrogens with zero attached hydrogens (tertiary/aromatic N) is 1. The molecule has 2 rings (SSSR count). The van der Waals surface area contributed by atoms with Gasteiger partial charge in [-0.15, -0.1) is 0 Å². The first-order valence-electron chi connectivity index (χ1n) is 11.3. The van der Waals surface area contributed by atoms with Crippen molar-refractivity contribution in [3.05, 3.63) is 46.2 Å². The van der Waals surface area contributed by atoms with Crippen molar-refractivity contribution in [2.24, 2.45) is 0 Å². The Balaban J connectivity index is 2.27. The van der Waals surface area contributed by atoms with Gasteiger partial charge in [0.15, 0.2) is 0 Å². The summed E-state index contributed by atoms with van der Waals surface area (Å²) in [5.41, 5.74) is 1.26. The third-order valence-electron chi connectivity index (χ3n) is 6.20. The van der Waals surface area contributed by atoms with E-state index in [9.17, 15) is 4.79 Å². The average Bonchev–Trinajstić information content (AvgIpc) is 3.08. The summed E-state index contributed by atoms with van der Waals surface area (Å²) < 4.78 is 10.7. The van der Waals surface area contributed by atoms with Crippen LogP contribution >= 0.6 is 0 Å². The number of cyclic esters (lactones) is 1. The molecule has 0 saturated carbocycles. The number of amides is 1. The summed E-state index contributed by atoms with van der Waals surface area (Å²) in [5, 5.41) is 0. The fraction of sp³-hybridized carbons (Fsp3) is 0.625. The third-order valence-corrected chi connectivity index (χ3v) is 21.6. The van der Waals surface area contributed by atoms with E-state index in [1.165, 1.54) is 61.1 Å². The quantitative estimate of drug-likeness (QED) is 0.279. The second-order valence-corrected chi connectivity index (χ2v) is 21.6. The van der Waals surface area contributed by atoms with Crippen molar-refractivity contribution in [2.45, 2.75) is 85.1 Å². The van der Waals surface area contributed by atoms with E-state index < -0.39 is 18.4 Å². The van der Waals surface area contributed by atoms with Gasteiger partial charge in [-0.25, -0.2) is 0 Å². The summed E-state index contributed by atoms with van der Waals surface area (Å²) in [7, 11) is 0. The number of rotatable bonds is 13. The maximum absolute atomic E-state index is 12.8. The van der Waals surface area contributed by atoms with Gasteiger partial charge in [0.05, 0.1) is 0 Å². The molecule has 1 amide bonds. The Labute approximate surface area is 176 Å². The number of carbonyl (C=O) groups excluding carboxylic acids is 1. The van der Waals surface area contributed by atoms with Gasteiger partial charge in [0.2, 0.25) is 0 Å².